The van der Waals surface area contributed by atoms with Gasteiger partial charge in [-0.25, -0.2) is 18.7 Å². The maximum atomic E-state index is 14.6. The summed E-state index contributed by atoms with van der Waals surface area (Å²) in [6.07, 6.45) is -0.828. The Hall–Kier alpha value is -2.44. The predicted molar refractivity (Wildman–Crippen MR) is 114 cm³/mol. The second-order valence-electron chi connectivity index (χ2n) is 7.46. The fraction of sp³-hybridized carbons (Fsp3) is 0.400. The first-order valence-electron chi connectivity index (χ1n) is 9.81. The van der Waals surface area contributed by atoms with Gasteiger partial charge in [0.15, 0.2) is 23.1 Å². The quantitative estimate of drug-likeness (QED) is 0.421. The second-order valence-corrected chi connectivity index (χ2v) is 8.49. The van der Waals surface area contributed by atoms with Gasteiger partial charge in [-0.1, -0.05) is 11.3 Å². The summed E-state index contributed by atoms with van der Waals surface area (Å²) >= 11 is 1.25. The Labute approximate surface area is 181 Å². The highest BCUT2D eigenvalue weighted by molar-refractivity contribution is 7.22. The smallest absolute Gasteiger partial charge is 0.186 e. The predicted octanol–water partition coefficient (Wildman–Crippen LogP) is 1.89. The largest absolute Gasteiger partial charge is 0.393 e. The number of nitrogens with one attached hydrogen (secondary N) is 1. The Morgan fingerprint density at radius 3 is 2.77 bits per heavy atom. The van der Waals surface area contributed by atoms with Crippen LogP contribution in [0.5, 0.6) is 0 Å². The second kappa shape index (κ2) is 8.97. The monoisotopic (exact) mass is 451 g/mol. The molecule has 1 unspecified atom stereocenters. The highest BCUT2D eigenvalue weighted by Crippen LogP contribution is 2.28. The number of aromatic nitrogens is 2. The van der Waals surface area contributed by atoms with Crippen molar-refractivity contribution in [3.63, 3.8) is 0 Å². The van der Waals surface area contributed by atoms with Crippen molar-refractivity contribution in [3.05, 3.63) is 47.7 Å². The summed E-state index contributed by atoms with van der Waals surface area (Å²) in [6, 6.07) is 5.36. The van der Waals surface area contributed by atoms with Gasteiger partial charge in [0.05, 0.1) is 16.8 Å². The number of hydrogen-bond donors (Lipinski definition) is 4. The van der Waals surface area contributed by atoms with Crippen molar-refractivity contribution in [1.29, 1.82) is 0 Å². The van der Waals surface area contributed by atoms with Gasteiger partial charge in [0.25, 0.3) is 0 Å². The summed E-state index contributed by atoms with van der Waals surface area (Å²) in [4.78, 5) is 12.1. The van der Waals surface area contributed by atoms with Gasteiger partial charge in [-0.15, -0.1) is 0 Å². The summed E-state index contributed by atoms with van der Waals surface area (Å²) in [5.41, 5.74) is 0.862. The molecule has 1 aromatic carbocycles. The number of hydrogen-bond acceptors (Lipinski definition) is 9. The molecule has 4 N–H and O–H groups in total. The van der Waals surface area contributed by atoms with Crippen LogP contribution in [0.25, 0.3) is 10.2 Å². The Bertz CT molecular complexity index is 1070. The fourth-order valence-corrected chi connectivity index (χ4v) is 4.54. The molecule has 0 spiro atoms. The zero-order valence-corrected chi connectivity index (χ0v) is 17.6. The van der Waals surface area contributed by atoms with Gasteiger partial charge in [-0.05, 0) is 31.2 Å². The zero-order chi connectivity index (χ0) is 22.1. The molecule has 1 aliphatic rings. The van der Waals surface area contributed by atoms with E-state index < -0.39 is 24.9 Å². The first kappa shape index (κ1) is 21.8. The van der Waals surface area contributed by atoms with Gasteiger partial charge in [-0.2, -0.15) is 0 Å². The highest BCUT2D eigenvalue weighted by atomic mass is 32.1. The molecule has 1 aliphatic heterocycles. The lowest BCUT2D eigenvalue weighted by Crippen LogP contribution is -2.57. The molecular weight excluding hydrogens is 428 g/mol. The number of aliphatic hydroxyl groups is 3. The molecular formula is C20H23F2N5O3S. The Morgan fingerprint density at radius 1 is 1.26 bits per heavy atom. The lowest BCUT2D eigenvalue weighted by Gasteiger charge is -2.42. The number of thiazole rings is 1. The van der Waals surface area contributed by atoms with Crippen LogP contribution in [0, 0.1) is 11.6 Å². The van der Waals surface area contributed by atoms with Crippen molar-refractivity contribution < 1.29 is 24.1 Å². The topological polar surface area (TPSA) is 105 Å². The van der Waals surface area contributed by atoms with E-state index in [0.29, 0.717) is 35.0 Å². The van der Waals surface area contributed by atoms with Crippen LogP contribution in [0.15, 0.2) is 30.5 Å². The molecule has 0 bridgehead atoms. The summed E-state index contributed by atoms with van der Waals surface area (Å²) in [5, 5.41) is 32.7. The third-order valence-electron chi connectivity index (χ3n) is 5.28. The molecule has 166 valence electrons. The van der Waals surface area contributed by atoms with E-state index in [4.69, 9.17) is 5.11 Å². The molecule has 2 aromatic heterocycles. The van der Waals surface area contributed by atoms with Crippen LogP contribution < -0.4 is 10.2 Å². The molecule has 31 heavy (non-hydrogen) atoms. The average molecular weight is 451 g/mol. The number of halogens is 2. The zero-order valence-electron chi connectivity index (χ0n) is 16.7. The van der Waals surface area contributed by atoms with Gasteiger partial charge in [-0.3, -0.25) is 4.90 Å². The van der Waals surface area contributed by atoms with E-state index in [1.54, 1.807) is 15.9 Å². The van der Waals surface area contributed by atoms with E-state index in [-0.39, 0.29) is 23.2 Å². The third kappa shape index (κ3) is 4.60. The molecule has 3 heterocycles. The Morgan fingerprint density at radius 2 is 2.06 bits per heavy atom. The van der Waals surface area contributed by atoms with E-state index in [1.165, 1.54) is 35.7 Å². The third-order valence-corrected chi connectivity index (χ3v) is 6.23. The Balaban J connectivity index is 1.41. The number of benzene rings is 1. The maximum absolute atomic E-state index is 14.6. The van der Waals surface area contributed by atoms with Crippen LogP contribution in [-0.4, -0.2) is 68.8 Å². The van der Waals surface area contributed by atoms with Crippen molar-refractivity contribution >= 4 is 32.5 Å². The first-order valence-corrected chi connectivity index (χ1v) is 10.6. The van der Waals surface area contributed by atoms with E-state index in [1.807, 2.05) is 6.92 Å². The van der Waals surface area contributed by atoms with Crippen LogP contribution >= 0.6 is 11.3 Å². The summed E-state index contributed by atoms with van der Waals surface area (Å²) in [5.74, 6) is -0.754. The fourth-order valence-electron chi connectivity index (χ4n) is 3.63. The van der Waals surface area contributed by atoms with Crippen molar-refractivity contribution in [2.75, 3.05) is 36.5 Å². The van der Waals surface area contributed by atoms with Crippen molar-refractivity contribution in [2.24, 2.45) is 0 Å². The van der Waals surface area contributed by atoms with Crippen LogP contribution in [-0.2, 0) is 0 Å². The lowest BCUT2D eigenvalue weighted by molar-refractivity contribution is 0.0146. The molecule has 8 nitrogen and oxygen atoms in total. The number of nitrogens with zero attached hydrogens (tertiary/aromatic N) is 4. The van der Waals surface area contributed by atoms with Gasteiger partial charge in [0.1, 0.15) is 11.9 Å². The molecule has 0 radical (unpaired) electrons. The summed E-state index contributed by atoms with van der Waals surface area (Å²) < 4.78 is 28.6. The van der Waals surface area contributed by atoms with Crippen molar-refractivity contribution in [2.45, 2.75) is 25.4 Å². The van der Waals surface area contributed by atoms with Crippen LogP contribution in [0.1, 0.15) is 18.6 Å². The molecule has 3 aromatic rings. The van der Waals surface area contributed by atoms with Gasteiger partial charge < -0.3 is 25.5 Å². The van der Waals surface area contributed by atoms with Crippen molar-refractivity contribution in [1.82, 2.24) is 14.9 Å². The molecule has 1 fully saturated rings. The molecule has 4 rings (SSSR count). The molecule has 0 amide bonds. The number of fused-ring (bicyclic) bond motifs is 1. The van der Waals surface area contributed by atoms with Crippen LogP contribution in [0.2, 0.25) is 0 Å². The molecule has 3 atom stereocenters. The number of rotatable bonds is 6. The van der Waals surface area contributed by atoms with E-state index in [9.17, 15) is 19.0 Å². The van der Waals surface area contributed by atoms with E-state index in [0.717, 1.165) is 0 Å². The molecule has 11 heteroatoms. The van der Waals surface area contributed by atoms with Crippen molar-refractivity contribution in [3.8, 4) is 0 Å². The minimum absolute atomic E-state index is 0.148. The normalized spacial score (nSPS) is 19.5. The van der Waals surface area contributed by atoms with Crippen LogP contribution in [0.3, 0.4) is 0 Å². The van der Waals surface area contributed by atoms with E-state index >= 15 is 0 Å². The SMILES string of the molecule is C[C@H]1CN(C(O)Nc2nc3ccc(F)cc3s2)CCN1c1ncc([C@H](O)CO)cc1F. The molecule has 1 saturated heterocycles. The molecule has 0 aliphatic carbocycles. The summed E-state index contributed by atoms with van der Waals surface area (Å²) in [7, 11) is 0. The molecule has 0 saturated carbocycles. The van der Waals surface area contributed by atoms with Gasteiger partial charge >= 0.3 is 0 Å². The average Bonchev–Trinajstić information content (AvgIpc) is 3.14. The van der Waals surface area contributed by atoms with Gasteiger partial charge in [0.2, 0.25) is 0 Å². The number of anilines is 2. The first-order chi connectivity index (χ1) is 14.9. The van der Waals surface area contributed by atoms with Gasteiger partial charge in [0, 0.05) is 37.4 Å². The Kier molecular flexibility index (Phi) is 6.30. The number of aliphatic hydroxyl groups excluding tert-OH is 3. The number of pyridine rings is 1. The lowest BCUT2D eigenvalue weighted by atomic mass is 10.1. The minimum atomic E-state index is -1.18. The minimum Gasteiger partial charge on any atom is -0.393 e. The van der Waals surface area contributed by atoms with E-state index in [2.05, 4.69) is 15.3 Å². The standard InChI is InChI=1S/C20H23F2N5O3S/c1-11-9-26(20(30)25-19-24-15-3-2-13(21)7-17(15)31-19)4-5-27(11)18-14(22)6-12(8-23-18)16(29)10-28/h2-3,6-8,11,16,20,28-30H,4-5,9-10H2,1H3,(H,24,25)/t11-,16+,20?/m0/s1. The highest BCUT2D eigenvalue weighted by Gasteiger charge is 2.30. The summed E-state index contributed by atoms with van der Waals surface area (Å²) in [6.45, 7) is 2.70. The number of piperazine rings is 1. The maximum Gasteiger partial charge on any atom is 0.186 e. The van der Waals surface area contributed by atoms with Crippen LogP contribution in [0.4, 0.5) is 19.7 Å².